The summed E-state index contributed by atoms with van der Waals surface area (Å²) in [6.45, 7) is 1.28. The van der Waals surface area contributed by atoms with E-state index >= 15 is 0 Å². The predicted molar refractivity (Wildman–Crippen MR) is 91.7 cm³/mol. The van der Waals surface area contributed by atoms with Crippen LogP contribution in [-0.4, -0.2) is 59.6 Å². The Balaban J connectivity index is 0.00000264. The number of hydrogen-bond acceptors (Lipinski definition) is 5. The first kappa shape index (κ1) is 20.3. The van der Waals surface area contributed by atoms with E-state index in [-0.39, 0.29) is 35.6 Å². The Bertz CT molecular complexity index is 689. The standard InChI is InChI=1S/C13H21N3O4S2.ClH/c1-16(12-7-8-14-11-12)21(17,18)10-9-15-22(19,20)13-5-3-2-4-6-13;/h2-6,12,14-15H,7-11H2,1H3;1H. The van der Waals surface area contributed by atoms with Gasteiger partial charge in [0.25, 0.3) is 0 Å². The van der Waals surface area contributed by atoms with Crippen LogP contribution in [0.5, 0.6) is 0 Å². The third kappa shape index (κ3) is 5.40. The van der Waals surface area contributed by atoms with Crippen LogP contribution in [-0.2, 0) is 20.0 Å². The summed E-state index contributed by atoms with van der Waals surface area (Å²) in [6.07, 6.45) is 0.769. The van der Waals surface area contributed by atoms with Gasteiger partial charge in [0.1, 0.15) is 0 Å². The van der Waals surface area contributed by atoms with Crippen molar-refractivity contribution < 1.29 is 16.8 Å². The minimum Gasteiger partial charge on any atom is -0.315 e. The molecule has 23 heavy (non-hydrogen) atoms. The zero-order chi connectivity index (χ0) is 16.2. The Morgan fingerprint density at radius 1 is 1.22 bits per heavy atom. The van der Waals surface area contributed by atoms with Crippen molar-refractivity contribution in [3.05, 3.63) is 30.3 Å². The van der Waals surface area contributed by atoms with E-state index in [1.54, 1.807) is 25.2 Å². The molecule has 7 nitrogen and oxygen atoms in total. The van der Waals surface area contributed by atoms with Crippen LogP contribution in [0.2, 0.25) is 0 Å². The van der Waals surface area contributed by atoms with Gasteiger partial charge in [-0.05, 0) is 25.1 Å². The lowest BCUT2D eigenvalue weighted by molar-refractivity contribution is 0.388. The predicted octanol–water partition coefficient (Wildman–Crippen LogP) is 0.0102. The maximum absolute atomic E-state index is 12.2. The van der Waals surface area contributed by atoms with Gasteiger partial charge in [-0.25, -0.2) is 25.9 Å². The number of nitrogens with zero attached hydrogens (tertiary/aromatic N) is 1. The summed E-state index contributed by atoms with van der Waals surface area (Å²) in [4.78, 5) is 0.126. The molecule has 0 saturated carbocycles. The fourth-order valence-corrected chi connectivity index (χ4v) is 4.77. The first-order chi connectivity index (χ1) is 10.3. The van der Waals surface area contributed by atoms with Crippen molar-refractivity contribution in [1.29, 1.82) is 0 Å². The van der Waals surface area contributed by atoms with E-state index in [0.29, 0.717) is 6.54 Å². The molecule has 1 aliphatic rings. The summed E-state index contributed by atoms with van der Waals surface area (Å²) >= 11 is 0. The van der Waals surface area contributed by atoms with Crippen molar-refractivity contribution in [3.8, 4) is 0 Å². The van der Waals surface area contributed by atoms with E-state index in [2.05, 4.69) is 10.0 Å². The molecule has 0 amide bonds. The largest absolute Gasteiger partial charge is 0.315 e. The lowest BCUT2D eigenvalue weighted by atomic mass is 10.3. The lowest BCUT2D eigenvalue weighted by Gasteiger charge is -2.23. The van der Waals surface area contributed by atoms with Crippen LogP contribution >= 0.6 is 12.4 Å². The molecule has 2 N–H and O–H groups in total. The molecule has 0 bridgehead atoms. The third-order valence-electron chi connectivity index (χ3n) is 3.69. The first-order valence-electron chi connectivity index (χ1n) is 7.04. The zero-order valence-electron chi connectivity index (χ0n) is 12.8. The second kappa shape index (κ2) is 8.41. The highest BCUT2D eigenvalue weighted by Gasteiger charge is 2.28. The van der Waals surface area contributed by atoms with Crippen LogP contribution in [0.1, 0.15) is 6.42 Å². The van der Waals surface area contributed by atoms with Crippen LogP contribution in [0, 0.1) is 0 Å². The number of rotatable bonds is 7. The number of benzene rings is 1. The first-order valence-corrected chi connectivity index (χ1v) is 10.1. The van der Waals surface area contributed by atoms with Gasteiger partial charge in [-0.2, -0.15) is 0 Å². The molecule has 1 atom stereocenters. The van der Waals surface area contributed by atoms with Crippen LogP contribution in [0.15, 0.2) is 35.2 Å². The van der Waals surface area contributed by atoms with Gasteiger partial charge in [0.15, 0.2) is 0 Å². The molecule has 1 fully saturated rings. The van der Waals surface area contributed by atoms with Gasteiger partial charge >= 0.3 is 0 Å². The number of halogens is 1. The summed E-state index contributed by atoms with van der Waals surface area (Å²) in [5.74, 6) is -0.258. The van der Waals surface area contributed by atoms with Gasteiger partial charge in [-0.1, -0.05) is 18.2 Å². The summed E-state index contributed by atoms with van der Waals surface area (Å²) < 4.78 is 52.1. The van der Waals surface area contributed by atoms with Gasteiger partial charge in [-0.3, -0.25) is 0 Å². The molecule has 1 heterocycles. The van der Waals surface area contributed by atoms with Crippen LogP contribution in [0.3, 0.4) is 0 Å². The zero-order valence-corrected chi connectivity index (χ0v) is 15.3. The fraction of sp³-hybridized carbons (Fsp3) is 0.538. The van der Waals surface area contributed by atoms with Gasteiger partial charge in [0, 0.05) is 26.2 Å². The molecule has 1 aromatic rings. The van der Waals surface area contributed by atoms with Crippen LogP contribution in [0.4, 0.5) is 0 Å². The molecule has 0 radical (unpaired) electrons. The highest BCUT2D eigenvalue weighted by Crippen LogP contribution is 2.12. The summed E-state index contributed by atoms with van der Waals surface area (Å²) in [6, 6.07) is 7.82. The summed E-state index contributed by atoms with van der Waals surface area (Å²) in [7, 11) is -5.61. The van der Waals surface area contributed by atoms with E-state index in [1.807, 2.05) is 0 Å². The molecule has 1 saturated heterocycles. The normalized spacial score (nSPS) is 18.8. The van der Waals surface area contributed by atoms with E-state index in [1.165, 1.54) is 16.4 Å². The number of likely N-dealkylation sites (N-methyl/N-ethyl adjacent to an activating group) is 1. The smallest absolute Gasteiger partial charge is 0.240 e. The van der Waals surface area contributed by atoms with Crippen molar-refractivity contribution in [3.63, 3.8) is 0 Å². The Hall–Kier alpha value is -0.710. The average molecular weight is 384 g/mol. The molecule has 1 unspecified atom stereocenters. The maximum atomic E-state index is 12.2. The van der Waals surface area contributed by atoms with Crippen molar-refractivity contribution in [2.24, 2.45) is 0 Å². The second-order valence-electron chi connectivity index (χ2n) is 5.19. The van der Waals surface area contributed by atoms with Crippen LogP contribution in [0.25, 0.3) is 0 Å². The molecular weight excluding hydrogens is 362 g/mol. The van der Waals surface area contributed by atoms with E-state index < -0.39 is 20.0 Å². The van der Waals surface area contributed by atoms with Gasteiger partial charge in [0.05, 0.1) is 10.6 Å². The average Bonchev–Trinajstić information content (AvgIpc) is 3.01. The summed E-state index contributed by atoms with van der Waals surface area (Å²) in [5, 5.41) is 3.11. The Morgan fingerprint density at radius 3 is 2.43 bits per heavy atom. The monoisotopic (exact) mass is 383 g/mol. The van der Waals surface area contributed by atoms with Crippen LogP contribution < -0.4 is 10.0 Å². The third-order valence-corrected chi connectivity index (χ3v) is 7.07. The molecule has 1 aliphatic heterocycles. The highest BCUT2D eigenvalue weighted by atomic mass is 35.5. The highest BCUT2D eigenvalue weighted by molar-refractivity contribution is 7.90. The van der Waals surface area contributed by atoms with Crippen molar-refractivity contribution in [2.75, 3.05) is 32.4 Å². The molecule has 0 spiro atoms. The molecule has 0 aliphatic carbocycles. The molecular formula is C13H22ClN3O4S2. The lowest BCUT2D eigenvalue weighted by Crippen LogP contribution is -2.42. The molecule has 1 aromatic carbocycles. The SMILES string of the molecule is CN(C1CCNC1)S(=O)(=O)CCNS(=O)(=O)c1ccccc1.Cl. The quantitative estimate of drug-likeness (QED) is 0.691. The van der Waals surface area contributed by atoms with Gasteiger partial charge in [-0.15, -0.1) is 12.4 Å². The van der Waals surface area contributed by atoms with E-state index in [4.69, 9.17) is 0 Å². The number of hydrogen-bond donors (Lipinski definition) is 2. The molecule has 0 aromatic heterocycles. The molecule has 2 rings (SSSR count). The number of sulfonamides is 2. The van der Waals surface area contributed by atoms with Crippen molar-refractivity contribution in [1.82, 2.24) is 14.3 Å². The van der Waals surface area contributed by atoms with Gasteiger partial charge < -0.3 is 5.32 Å². The number of nitrogens with one attached hydrogen (secondary N) is 2. The Kier molecular flexibility index (Phi) is 7.43. The van der Waals surface area contributed by atoms with Crippen molar-refractivity contribution >= 4 is 32.5 Å². The van der Waals surface area contributed by atoms with E-state index in [0.717, 1.165) is 13.0 Å². The Labute approximate surface area is 144 Å². The molecule has 132 valence electrons. The fourth-order valence-electron chi connectivity index (χ4n) is 2.31. The van der Waals surface area contributed by atoms with Gasteiger partial charge in [0.2, 0.25) is 20.0 Å². The maximum Gasteiger partial charge on any atom is 0.240 e. The minimum atomic E-state index is -3.67. The molecule has 10 heteroatoms. The van der Waals surface area contributed by atoms with E-state index in [9.17, 15) is 16.8 Å². The topological polar surface area (TPSA) is 95.6 Å². The second-order valence-corrected chi connectivity index (χ2v) is 9.10. The minimum absolute atomic E-state index is 0. The Morgan fingerprint density at radius 2 is 1.87 bits per heavy atom. The summed E-state index contributed by atoms with van der Waals surface area (Å²) in [5.41, 5.74) is 0. The van der Waals surface area contributed by atoms with Crippen molar-refractivity contribution in [2.45, 2.75) is 17.4 Å².